The summed E-state index contributed by atoms with van der Waals surface area (Å²) in [5, 5.41) is 0.371. The predicted octanol–water partition coefficient (Wildman–Crippen LogP) is 2.17. The zero-order chi connectivity index (χ0) is 9.42. The molecule has 0 aliphatic heterocycles. The van der Waals surface area contributed by atoms with E-state index >= 15 is 0 Å². The largest absolute Gasteiger partial charge is 0.397 e. The average molecular weight is 198 g/mol. The summed E-state index contributed by atoms with van der Waals surface area (Å²) in [6, 6.07) is 1.70. The van der Waals surface area contributed by atoms with E-state index < -0.39 is 0 Å². The van der Waals surface area contributed by atoms with Gasteiger partial charge in [-0.05, 0) is 18.9 Å². The molecule has 1 heterocycles. The van der Waals surface area contributed by atoms with E-state index in [0.717, 1.165) is 18.5 Å². The maximum absolute atomic E-state index is 5.82. The van der Waals surface area contributed by atoms with Gasteiger partial charge >= 0.3 is 0 Å². The Morgan fingerprint density at radius 1 is 1.31 bits per heavy atom. The van der Waals surface area contributed by atoms with Crippen LogP contribution >= 0.6 is 11.6 Å². The molecule has 4 N–H and O–H groups in total. The van der Waals surface area contributed by atoms with Crippen molar-refractivity contribution in [2.75, 3.05) is 11.5 Å². The van der Waals surface area contributed by atoms with Crippen molar-refractivity contribution in [2.24, 2.45) is 0 Å². The van der Waals surface area contributed by atoms with Crippen LogP contribution in [0.4, 0.5) is 11.4 Å². The van der Waals surface area contributed by atoms with Crippen LogP contribution in [0.5, 0.6) is 0 Å². The van der Waals surface area contributed by atoms with Crippen LogP contribution in [-0.4, -0.2) is 4.98 Å². The van der Waals surface area contributed by atoms with Gasteiger partial charge in [0, 0.05) is 5.92 Å². The van der Waals surface area contributed by atoms with Gasteiger partial charge in [-0.25, -0.2) is 4.98 Å². The zero-order valence-corrected chi connectivity index (χ0v) is 8.01. The third-order valence-electron chi connectivity index (χ3n) is 2.56. The molecule has 0 radical (unpaired) electrons. The van der Waals surface area contributed by atoms with Crippen LogP contribution in [-0.2, 0) is 0 Å². The van der Waals surface area contributed by atoms with Crippen LogP contribution in [0.3, 0.4) is 0 Å². The molecule has 3 nitrogen and oxygen atoms in total. The quantitative estimate of drug-likeness (QED) is 0.679. The van der Waals surface area contributed by atoms with Gasteiger partial charge in [-0.3, -0.25) is 0 Å². The van der Waals surface area contributed by atoms with Gasteiger partial charge in [-0.15, -0.1) is 0 Å². The topological polar surface area (TPSA) is 64.9 Å². The molecule has 1 aromatic heterocycles. The fourth-order valence-corrected chi connectivity index (χ4v) is 1.69. The molecule has 1 aliphatic rings. The van der Waals surface area contributed by atoms with E-state index in [2.05, 4.69) is 4.98 Å². The van der Waals surface area contributed by atoms with Crippen LogP contribution in [0, 0.1) is 0 Å². The third kappa shape index (κ3) is 1.44. The number of nitrogens with zero attached hydrogens (tertiary/aromatic N) is 1. The van der Waals surface area contributed by atoms with Crippen molar-refractivity contribution in [3.8, 4) is 0 Å². The lowest BCUT2D eigenvalue weighted by Gasteiger charge is -2.26. The Kier molecular flexibility index (Phi) is 2.04. The van der Waals surface area contributed by atoms with E-state index in [-0.39, 0.29) is 0 Å². The highest BCUT2D eigenvalue weighted by Crippen LogP contribution is 2.39. The fourth-order valence-electron chi connectivity index (χ4n) is 1.54. The first-order valence-corrected chi connectivity index (χ1v) is 4.77. The number of anilines is 2. The molecule has 0 atom stereocenters. The SMILES string of the molecule is Nc1cc(N)c(C2CCC2)nc1Cl. The molecule has 0 bridgehead atoms. The maximum atomic E-state index is 5.82. The Balaban J connectivity index is 2.39. The zero-order valence-electron chi connectivity index (χ0n) is 7.26. The minimum absolute atomic E-state index is 0.371. The summed E-state index contributed by atoms with van der Waals surface area (Å²) in [4.78, 5) is 4.21. The van der Waals surface area contributed by atoms with E-state index in [9.17, 15) is 0 Å². The monoisotopic (exact) mass is 197 g/mol. The lowest BCUT2D eigenvalue weighted by atomic mass is 9.82. The Hall–Kier alpha value is -0.960. The number of aromatic nitrogens is 1. The molecule has 4 heteroatoms. The molecule has 0 spiro atoms. The highest BCUT2D eigenvalue weighted by molar-refractivity contribution is 6.31. The molecule has 1 aliphatic carbocycles. The van der Waals surface area contributed by atoms with E-state index in [1.807, 2.05) is 0 Å². The van der Waals surface area contributed by atoms with Crippen LogP contribution in [0.25, 0.3) is 0 Å². The first kappa shape index (κ1) is 8.63. The van der Waals surface area contributed by atoms with Crippen molar-refractivity contribution in [1.82, 2.24) is 4.98 Å². The molecule has 70 valence electrons. The fraction of sp³-hybridized carbons (Fsp3) is 0.444. The van der Waals surface area contributed by atoms with E-state index in [4.69, 9.17) is 23.1 Å². The summed E-state index contributed by atoms with van der Waals surface area (Å²) in [5.74, 6) is 0.498. The van der Waals surface area contributed by atoms with Gasteiger partial charge in [-0.1, -0.05) is 18.0 Å². The van der Waals surface area contributed by atoms with Gasteiger partial charge in [0.25, 0.3) is 0 Å². The smallest absolute Gasteiger partial charge is 0.152 e. The second-order valence-corrected chi connectivity index (χ2v) is 3.83. The van der Waals surface area contributed by atoms with E-state index in [1.54, 1.807) is 6.07 Å². The molecule has 0 unspecified atom stereocenters. The lowest BCUT2D eigenvalue weighted by molar-refractivity contribution is 0.412. The summed E-state index contributed by atoms with van der Waals surface area (Å²) < 4.78 is 0. The Morgan fingerprint density at radius 3 is 2.54 bits per heavy atom. The third-order valence-corrected chi connectivity index (χ3v) is 2.86. The first-order valence-electron chi connectivity index (χ1n) is 4.40. The summed E-state index contributed by atoms with van der Waals surface area (Å²) in [6.45, 7) is 0. The maximum Gasteiger partial charge on any atom is 0.152 e. The molecule has 2 rings (SSSR count). The molecule has 13 heavy (non-hydrogen) atoms. The number of nitrogen functional groups attached to an aromatic ring is 2. The average Bonchev–Trinajstić information content (AvgIpc) is 1.96. The van der Waals surface area contributed by atoms with Crippen molar-refractivity contribution in [1.29, 1.82) is 0 Å². The molecule has 0 saturated heterocycles. The summed E-state index contributed by atoms with van der Waals surface area (Å²) >= 11 is 5.82. The number of halogens is 1. The summed E-state index contributed by atoms with van der Waals surface area (Å²) in [7, 11) is 0. The van der Waals surface area contributed by atoms with Gasteiger partial charge in [0.05, 0.1) is 17.1 Å². The Labute approximate surface area is 82.1 Å². The highest BCUT2D eigenvalue weighted by atomic mass is 35.5. The number of hydrogen-bond donors (Lipinski definition) is 2. The van der Waals surface area contributed by atoms with Crippen LogP contribution in [0.2, 0.25) is 5.15 Å². The second kappa shape index (κ2) is 3.07. The van der Waals surface area contributed by atoms with Crippen molar-refractivity contribution in [3.63, 3.8) is 0 Å². The minimum atomic E-state index is 0.371. The number of rotatable bonds is 1. The molecule has 0 aromatic carbocycles. The molecular weight excluding hydrogens is 186 g/mol. The van der Waals surface area contributed by atoms with Gasteiger partial charge < -0.3 is 11.5 Å². The Bertz CT molecular complexity index is 334. The summed E-state index contributed by atoms with van der Waals surface area (Å²) in [5.41, 5.74) is 13.4. The van der Waals surface area contributed by atoms with Crippen molar-refractivity contribution in [3.05, 3.63) is 16.9 Å². The normalized spacial score (nSPS) is 17.0. The lowest BCUT2D eigenvalue weighted by Crippen LogP contribution is -2.13. The van der Waals surface area contributed by atoms with E-state index in [0.29, 0.717) is 22.4 Å². The van der Waals surface area contributed by atoms with Crippen LogP contribution < -0.4 is 11.5 Å². The standard InChI is InChI=1S/C9H12ClN3/c10-9-7(12)4-6(11)8(13-9)5-2-1-3-5/h4-5H,1-3,11-12H2. The predicted molar refractivity (Wildman–Crippen MR) is 54.7 cm³/mol. The highest BCUT2D eigenvalue weighted by Gasteiger charge is 2.23. The number of hydrogen-bond acceptors (Lipinski definition) is 3. The first-order chi connectivity index (χ1) is 6.18. The molecule has 0 amide bonds. The van der Waals surface area contributed by atoms with Gasteiger partial charge in [0.15, 0.2) is 5.15 Å². The van der Waals surface area contributed by atoms with E-state index in [1.165, 1.54) is 6.42 Å². The second-order valence-electron chi connectivity index (χ2n) is 3.47. The van der Waals surface area contributed by atoms with Gasteiger partial charge in [0.1, 0.15) is 0 Å². The Morgan fingerprint density at radius 2 is 2.00 bits per heavy atom. The molecule has 1 fully saturated rings. The van der Waals surface area contributed by atoms with Crippen molar-refractivity contribution in [2.45, 2.75) is 25.2 Å². The van der Waals surface area contributed by atoms with Crippen molar-refractivity contribution >= 4 is 23.0 Å². The molecule has 1 aromatic rings. The van der Waals surface area contributed by atoms with Crippen LogP contribution in [0.15, 0.2) is 6.07 Å². The minimum Gasteiger partial charge on any atom is -0.397 e. The van der Waals surface area contributed by atoms with Gasteiger partial charge in [-0.2, -0.15) is 0 Å². The summed E-state index contributed by atoms with van der Waals surface area (Å²) in [6.07, 6.45) is 3.59. The van der Waals surface area contributed by atoms with Gasteiger partial charge in [0.2, 0.25) is 0 Å². The van der Waals surface area contributed by atoms with Crippen molar-refractivity contribution < 1.29 is 0 Å². The molecular formula is C9H12ClN3. The number of nitrogens with two attached hydrogens (primary N) is 2. The van der Waals surface area contributed by atoms with Crippen LogP contribution in [0.1, 0.15) is 30.9 Å². The number of pyridine rings is 1. The molecule has 1 saturated carbocycles.